The molecule has 0 spiro atoms. The standard InChI is InChI=1S/C39H52N6O13/c1-22-33(50)34(51)31(21-46)58-36(22)45-20-27(43-44-45)9-6-10-28(47)19-26(18-23-12-13-24-7-2-3-8-25(24)17-23)35(52)40-16-5-4-11-29(37(53)54)41-39(57)42-30(38(55)56)14-15-32(48)49/h2-3,7-8,12-13,17,20,22,26,29-31,33-34,36,46,50-51H,4-6,9-11,14-16,18-19,21H2,1H3,(H,40,52)(H,48,49)(H,53,54)(H,55,56)(H2,41,42,57). The maximum atomic E-state index is 13.5. The lowest BCUT2D eigenvalue weighted by atomic mass is 9.91. The lowest BCUT2D eigenvalue weighted by Gasteiger charge is -2.40. The molecule has 3 aromatic rings. The minimum absolute atomic E-state index is 0.0362. The number of fused-ring (bicyclic) bond motifs is 1. The van der Waals surface area contributed by atoms with Crippen LogP contribution in [0.2, 0.25) is 0 Å². The zero-order valence-electron chi connectivity index (χ0n) is 32.1. The Morgan fingerprint density at radius 2 is 1.55 bits per heavy atom. The van der Waals surface area contributed by atoms with E-state index in [4.69, 9.17) is 9.84 Å². The molecular formula is C39H52N6O13. The number of aliphatic hydroxyl groups excluding tert-OH is 3. The summed E-state index contributed by atoms with van der Waals surface area (Å²) in [5.74, 6) is -5.83. The molecule has 316 valence electrons. The number of aryl methyl sites for hydroxylation is 1. The van der Waals surface area contributed by atoms with E-state index in [0.29, 0.717) is 25.0 Å². The lowest BCUT2D eigenvalue weighted by Crippen LogP contribution is -2.53. The summed E-state index contributed by atoms with van der Waals surface area (Å²) >= 11 is 0. The van der Waals surface area contributed by atoms with Crippen molar-refractivity contribution < 1.29 is 64.1 Å². The summed E-state index contributed by atoms with van der Waals surface area (Å²) in [6.07, 6.45) is -1.67. The van der Waals surface area contributed by atoms with Gasteiger partial charge >= 0.3 is 23.9 Å². The number of ether oxygens (including phenoxy) is 1. The van der Waals surface area contributed by atoms with Crippen molar-refractivity contribution in [3.05, 3.63) is 59.9 Å². The molecular weight excluding hydrogens is 760 g/mol. The number of carboxylic acid groups (broad SMARTS) is 3. The van der Waals surface area contributed by atoms with Gasteiger partial charge in [-0.05, 0) is 61.3 Å². The number of urea groups is 1. The monoisotopic (exact) mass is 812 g/mol. The summed E-state index contributed by atoms with van der Waals surface area (Å²) in [5, 5.41) is 75.2. The summed E-state index contributed by atoms with van der Waals surface area (Å²) < 4.78 is 7.17. The first-order valence-corrected chi connectivity index (χ1v) is 19.2. The third-order valence-corrected chi connectivity index (χ3v) is 10.1. The molecule has 19 heteroatoms. The van der Waals surface area contributed by atoms with E-state index in [1.165, 1.54) is 4.68 Å². The summed E-state index contributed by atoms with van der Waals surface area (Å²) in [7, 11) is 0. The summed E-state index contributed by atoms with van der Waals surface area (Å²) in [4.78, 5) is 73.1. The number of aromatic nitrogens is 3. The van der Waals surface area contributed by atoms with Gasteiger partial charge in [-0.3, -0.25) is 14.4 Å². The van der Waals surface area contributed by atoms with Crippen LogP contribution in [0.5, 0.6) is 0 Å². The Balaban J connectivity index is 1.30. The maximum Gasteiger partial charge on any atom is 0.326 e. The van der Waals surface area contributed by atoms with Gasteiger partial charge in [-0.25, -0.2) is 19.1 Å². The number of ketones is 1. The molecule has 1 fully saturated rings. The minimum Gasteiger partial charge on any atom is -0.481 e. The zero-order chi connectivity index (χ0) is 42.4. The molecule has 9 N–H and O–H groups in total. The van der Waals surface area contributed by atoms with E-state index in [1.54, 1.807) is 13.1 Å². The van der Waals surface area contributed by atoms with Crippen LogP contribution in [0.4, 0.5) is 4.79 Å². The Hall–Kier alpha value is -5.50. The van der Waals surface area contributed by atoms with E-state index in [-0.39, 0.29) is 50.3 Å². The average molecular weight is 813 g/mol. The molecule has 1 aliphatic rings. The van der Waals surface area contributed by atoms with E-state index in [2.05, 4.69) is 26.3 Å². The molecule has 8 unspecified atom stereocenters. The molecule has 19 nitrogen and oxygen atoms in total. The summed E-state index contributed by atoms with van der Waals surface area (Å²) in [5.41, 5.74) is 1.43. The first-order valence-electron chi connectivity index (χ1n) is 19.2. The predicted octanol–water partition coefficient (Wildman–Crippen LogP) is 1.18. The Labute approximate surface area is 333 Å². The summed E-state index contributed by atoms with van der Waals surface area (Å²) in [6.45, 7) is 1.35. The fourth-order valence-electron chi connectivity index (χ4n) is 6.81. The van der Waals surface area contributed by atoms with Crippen molar-refractivity contribution in [2.45, 2.75) is 108 Å². The fourth-order valence-corrected chi connectivity index (χ4v) is 6.81. The Morgan fingerprint density at radius 3 is 2.22 bits per heavy atom. The largest absolute Gasteiger partial charge is 0.481 e. The lowest BCUT2D eigenvalue weighted by molar-refractivity contribution is -0.231. The van der Waals surface area contributed by atoms with E-state index in [0.717, 1.165) is 16.3 Å². The second-order valence-corrected chi connectivity index (χ2v) is 14.6. The topological polar surface area (TPSA) is 300 Å². The van der Waals surface area contributed by atoms with Crippen LogP contribution in [0.1, 0.15) is 75.8 Å². The van der Waals surface area contributed by atoms with Gasteiger partial charge in [-0.1, -0.05) is 54.6 Å². The molecule has 3 amide bonds. The van der Waals surface area contributed by atoms with Gasteiger partial charge in [0.15, 0.2) is 6.23 Å². The van der Waals surface area contributed by atoms with Crippen LogP contribution in [0.25, 0.3) is 10.8 Å². The Bertz CT molecular complexity index is 1890. The average Bonchev–Trinajstić information content (AvgIpc) is 3.66. The molecule has 1 aromatic heterocycles. The quantitative estimate of drug-likeness (QED) is 0.0608. The number of Topliss-reactive ketones (excluding diaryl/α,β-unsaturated/α-hetero) is 1. The van der Waals surface area contributed by atoms with Crippen LogP contribution in [0.15, 0.2) is 48.7 Å². The third-order valence-electron chi connectivity index (χ3n) is 10.1. The molecule has 0 aliphatic carbocycles. The van der Waals surface area contributed by atoms with Crippen molar-refractivity contribution in [2.24, 2.45) is 11.8 Å². The number of unbranched alkanes of at least 4 members (excludes halogenated alkanes) is 1. The third kappa shape index (κ3) is 13.3. The molecule has 1 saturated heterocycles. The van der Waals surface area contributed by atoms with Gasteiger partial charge in [0, 0.05) is 37.6 Å². The van der Waals surface area contributed by atoms with Gasteiger partial charge in [0.25, 0.3) is 0 Å². The first kappa shape index (κ1) is 45.2. The van der Waals surface area contributed by atoms with Crippen LogP contribution in [-0.2, 0) is 41.6 Å². The molecule has 2 aromatic carbocycles. The molecule has 2 heterocycles. The number of nitrogens with one attached hydrogen (secondary N) is 3. The van der Waals surface area contributed by atoms with Crippen molar-refractivity contribution in [1.29, 1.82) is 0 Å². The van der Waals surface area contributed by atoms with E-state index < -0.39 is 91.8 Å². The highest BCUT2D eigenvalue weighted by Gasteiger charge is 2.43. The number of rotatable bonds is 23. The fraction of sp³-hybridized carbons (Fsp3) is 0.538. The number of carbonyl (C=O) groups is 6. The second kappa shape index (κ2) is 21.9. The molecule has 0 radical (unpaired) electrons. The number of carboxylic acids is 3. The molecule has 8 atom stereocenters. The van der Waals surface area contributed by atoms with Crippen LogP contribution in [0, 0.1) is 11.8 Å². The van der Waals surface area contributed by atoms with Gasteiger partial charge < -0.3 is 51.3 Å². The molecule has 1 aliphatic heterocycles. The number of aliphatic hydroxyl groups is 3. The van der Waals surface area contributed by atoms with E-state index in [9.17, 15) is 54.3 Å². The van der Waals surface area contributed by atoms with E-state index >= 15 is 0 Å². The number of benzene rings is 2. The van der Waals surface area contributed by atoms with Crippen molar-refractivity contribution in [2.75, 3.05) is 13.2 Å². The van der Waals surface area contributed by atoms with Gasteiger partial charge in [0.05, 0.1) is 24.6 Å². The first-order chi connectivity index (χ1) is 27.7. The second-order valence-electron chi connectivity index (χ2n) is 14.6. The van der Waals surface area contributed by atoms with Crippen LogP contribution >= 0.6 is 0 Å². The smallest absolute Gasteiger partial charge is 0.326 e. The van der Waals surface area contributed by atoms with Crippen molar-refractivity contribution in [1.82, 2.24) is 30.9 Å². The molecule has 58 heavy (non-hydrogen) atoms. The number of aliphatic carboxylic acids is 3. The van der Waals surface area contributed by atoms with Crippen molar-refractivity contribution in [3.63, 3.8) is 0 Å². The van der Waals surface area contributed by atoms with E-state index in [1.807, 2.05) is 42.5 Å². The number of nitrogens with zero attached hydrogens (tertiary/aromatic N) is 3. The number of hydrogen-bond acceptors (Lipinski definition) is 12. The highest BCUT2D eigenvalue weighted by atomic mass is 16.5. The summed E-state index contributed by atoms with van der Waals surface area (Å²) in [6, 6.07) is 9.62. The zero-order valence-corrected chi connectivity index (χ0v) is 32.1. The van der Waals surface area contributed by atoms with Gasteiger partial charge in [0.2, 0.25) is 5.91 Å². The highest BCUT2D eigenvalue weighted by molar-refractivity contribution is 5.88. The Kier molecular flexibility index (Phi) is 17.0. The van der Waals surface area contributed by atoms with Gasteiger partial charge in [-0.15, -0.1) is 5.10 Å². The van der Waals surface area contributed by atoms with Gasteiger partial charge in [0.1, 0.15) is 30.1 Å². The van der Waals surface area contributed by atoms with Crippen LogP contribution in [0.3, 0.4) is 0 Å². The predicted molar refractivity (Wildman–Crippen MR) is 204 cm³/mol. The Morgan fingerprint density at radius 1 is 0.862 bits per heavy atom. The van der Waals surface area contributed by atoms with Crippen molar-refractivity contribution in [3.8, 4) is 0 Å². The number of amides is 3. The normalized spacial score (nSPS) is 20.7. The van der Waals surface area contributed by atoms with Gasteiger partial charge in [-0.2, -0.15) is 0 Å². The SMILES string of the molecule is CC1C(O)C(O)C(CO)OC1n1cc(CCCC(=O)CC(Cc2ccc3ccccc3c2)C(=O)NCCCCC(NC(=O)NC(CCC(=O)O)C(=O)O)C(=O)O)nn1. The number of carbonyl (C=O) groups excluding carboxylic acids is 3. The number of hydrogen-bond donors (Lipinski definition) is 9. The van der Waals surface area contributed by atoms with Crippen LogP contribution in [-0.4, -0.2) is 125 Å². The molecule has 0 saturated carbocycles. The van der Waals surface area contributed by atoms with Crippen molar-refractivity contribution >= 4 is 46.4 Å². The molecule has 4 rings (SSSR count). The van der Waals surface area contributed by atoms with Crippen LogP contribution < -0.4 is 16.0 Å². The molecule has 0 bridgehead atoms. The maximum absolute atomic E-state index is 13.5. The highest BCUT2D eigenvalue weighted by Crippen LogP contribution is 2.32. The minimum atomic E-state index is -1.53.